The Kier molecular flexibility index (Phi) is 7.13. The third kappa shape index (κ3) is 5.26. The number of pyridine rings is 1. The molecule has 43 heavy (non-hydrogen) atoms. The van der Waals surface area contributed by atoms with E-state index in [2.05, 4.69) is 14.5 Å². The summed E-state index contributed by atoms with van der Waals surface area (Å²) in [6.45, 7) is 3.70. The molecule has 0 aliphatic carbocycles. The van der Waals surface area contributed by atoms with Gasteiger partial charge in [-0.3, -0.25) is 4.90 Å². The molecule has 2 aromatic heterocycles. The second-order valence-electron chi connectivity index (χ2n) is 11.3. The first-order valence-corrected chi connectivity index (χ1v) is 14.6. The zero-order chi connectivity index (χ0) is 29.5. The quantitative estimate of drug-likeness (QED) is 0.301. The Morgan fingerprint density at radius 2 is 1.98 bits per heavy atom. The summed E-state index contributed by atoms with van der Waals surface area (Å²) in [5, 5.41) is 18.6. The van der Waals surface area contributed by atoms with Gasteiger partial charge in [0.25, 0.3) is 0 Å². The summed E-state index contributed by atoms with van der Waals surface area (Å²) < 4.78 is 29.5. The van der Waals surface area contributed by atoms with Gasteiger partial charge in [-0.25, -0.2) is 19.2 Å². The van der Waals surface area contributed by atoms with Gasteiger partial charge in [-0.15, -0.1) is 0 Å². The van der Waals surface area contributed by atoms with Gasteiger partial charge in [0.2, 0.25) is 0 Å². The molecule has 9 nitrogen and oxygen atoms in total. The lowest BCUT2D eigenvalue weighted by Crippen LogP contribution is -2.35. The van der Waals surface area contributed by atoms with Gasteiger partial charge in [-0.2, -0.15) is 5.26 Å². The second kappa shape index (κ2) is 11.2. The zero-order valence-electron chi connectivity index (χ0n) is 23.4. The van der Waals surface area contributed by atoms with Crippen LogP contribution in [0.5, 0.6) is 5.75 Å². The third-order valence-corrected chi connectivity index (χ3v) is 8.72. The minimum Gasteiger partial charge on any atom is -0.480 e. The number of hydrogen-bond acceptors (Lipinski definition) is 7. The SMILES string of the molecule is N#Cc1ccc([C@H]2C=C(F)c3cccc(C4CCN(Cc5nc6ccc(C(=O)O)cc6n5C[C@@H]5CCO5)CC4)c3O2)cn1. The molecule has 0 radical (unpaired) electrons. The number of carbonyl (C=O) groups is 1. The van der Waals surface area contributed by atoms with Crippen molar-refractivity contribution in [1.29, 1.82) is 5.26 Å². The summed E-state index contributed by atoms with van der Waals surface area (Å²) in [5.74, 6) is 0.401. The Labute approximate surface area is 247 Å². The molecule has 2 fully saturated rings. The number of hydrogen-bond donors (Lipinski definition) is 1. The van der Waals surface area contributed by atoms with Gasteiger partial charge in [-0.05, 0) is 80.2 Å². The van der Waals surface area contributed by atoms with E-state index in [0.29, 0.717) is 35.7 Å². The molecular formula is C33H30FN5O4. The number of rotatable bonds is 7. The number of nitrogens with zero attached hydrogens (tertiary/aromatic N) is 5. The van der Waals surface area contributed by atoms with E-state index in [-0.39, 0.29) is 23.4 Å². The number of halogens is 1. The average molecular weight is 580 g/mol. The largest absolute Gasteiger partial charge is 0.480 e. The van der Waals surface area contributed by atoms with Crippen molar-refractivity contribution >= 4 is 22.8 Å². The molecule has 4 aromatic rings. The molecule has 3 aliphatic rings. The monoisotopic (exact) mass is 579 g/mol. The highest BCUT2D eigenvalue weighted by molar-refractivity contribution is 5.92. The van der Waals surface area contributed by atoms with Gasteiger partial charge < -0.3 is 19.1 Å². The van der Waals surface area contributed by atoms with Crippen LogP contribution in [0.15, 0.2) is 60.8 Å². The number of ether oxygens (including phenoxy) is 2. The maximum absolute atomic E-state index is 15.3. The van der Waals surface area contributed by atoms with Crippen LogP contribution in [0, 0.1) is 11.3 Å². The van der Waals surface area contributed by atoms with Crippen LogP contribution in [-0.4, -0.2) is 56.3 Å². The van der Waals surface area contributed by atoms with Crippen LogP contribution in [0.1, 0.15) is 69.9 Å². The van der Waals surface area contributed by atoms with E-state index >= 15 is 4.39 Å². The molecule has 1 N–H and O–H groups in total. The van der Waals surface area contributed by atoms with Crippen LogP contribution < -0.4 is 4.74 Å². The van der Waals surface area contributed by atoms with E-state index in [4.69, 9.17) is 19.7 Å². The van der Waals surface area contributed by atoms with E-state index < -0.39 is 12.1 Å². The molecule has 5 heterocycles. The van der Waals surface area contributed by atoms with Crippen molar-refractivity contribution in [3.63, 3.8) is 0 Å². The minimum atomic E-state index is -0.958. The molecule has 0 amide bonds. The van der Waals surface area contributed by atoms with E-state index in [1.165, 1.54) is 6.08 Å². The lowest BCUT2D eigenvalue weighted by atomic mass is 9.86. The van der Waals surface area contributed by atoms with Crippen LogP contribution in [0.4, 0.5) is 4.39 Å². The number of aromatic carboxylic acids is 1. The standard InChI is InChI=1S/C33H30FN5O4/c34-27-15-30(22-4-6-23(16-35)36-17-22)43-32-25(2-1-3-26(27)32)20-8-11-38(12-9-20)19-31-37-28-7-5-21(33(40)41)14-29(28)39(31)18-24-10-13-42-24/h1-7,14-15,17,20,24,30H,8-13,18-19H2,(H,40,41)/t24-,30+/m0/s1. The molecule has 2 saturated heterocycles. The fourth-order valence-electron chi connectivity index (χ4n) is 6.25. The number of para-hydroxylation sites is 1. The highest BCUT2D eigenvalue weighted by atomic mass is 19.1. The van der Waals surface area contributed by atoms with Crippen LogP contribution in [0.2, 0.25) is 0 Å². The number of nitriles is 1. The molecule has 7 rings (SSSR count). The zero-order valence-corrected chi connectivity index (χ0v) is 23.4. The first kappa shape index (κ1) is 27.3. The normalized spacial score (nSPS) is 20.5. The first-order chi connectivity index (χ1) is 21.0. The molecule has 10 heteroatoms. The molecule has 0 spiro atoms. The first-order valence-electron chi connectivity index (χ1n) is 14.6. The predicted molar refractivity (Wildman–Crippen MR) is 156 cm³/mol. The number of piperidine rings is 1. The number of fused-ring (bicyclic) bond motifs is 2. The predicted octanol–water partition coefficient (Wildman–Crippen LogP) is 5.61. The molecule has 0 saturated carbocycles. The number of carboxylic acid groups (broad SMARTS) is 1. The Balaban J connectivity index is 1.09. The van der Waals surface area contributed by atoms with Crippen molar-refractivity contribution < 1.29 is 23.8 Å². The Bertz CT molecular complexity index is 1760. The fourth-order valence-corrected chi connectivity index (χ4v) is 6.25. The Morgan fingerprint density at radius 3 is 2.67 bits per heavy atom. The van der Waals surface area contributed by atoms with Crippen molar-refractivity contribution in [2.45, 2.75) is 50.5 Å². The fraction of sp³-hybridized carbons (Fsp3) is 0.333. The van der Waals surface area contributed by atoms with Gasteiger partial charge in [0.1, 0.15) is 35.3 Å². The molecule has 3 aliphatic heterocycles. The van der Waals surface area contributed by atoms with Gasteiger partial charge in [0, 0.05) is 18.4 Å². The summed E-state index contributed by atoms with van der Waals surface area (Å²) in [6.07, 6.45) is 5.24. The summed E-state index contributed by atoms with van der Waals surface area (Å²) >= 11 is 0. The molecule has 0 bridgehead atoms. The molecule has 0 unspecified atom stereocenters. The van der Waals surface area contributed by atoms with Crippen molar-refractivity contribution in [3.8, 4) is 11.8 Å². The smallest absolute Gasteiger partial charge is 0.335 e. The maximum atomic E-state index is 15.3. The van der Waals surface area contributed by atoms with Crippen molar-refractivity contribution in [1.82, 2.24) is 19.4 Å². The Hall–Kier alpha value is -4.59. The average Bonchev–Trinajstić information content (AvgIpc) is 3.34. The topological polar surface area (TPSA) is 114 Å². The number of aromatic nitrogens is 3. The highest BCUT2D eigenvalue weighted by Gasteiger charge is 2.30. The maximum Gasteiger partial charge on any atom is 0.335 e. The Morgan fingerprint density at radius 1 is 1.14 bits per heavy atom. The van der Waals surface area contributed by atoms with Crippen molar-refractivity contribution in [3.05, 3.63) is 94.6 Å². The minimum absolute atomic E-state index is 0.109. The number of likely N-dealkylation sites (tertiary alicyclic amines) is 1. The molecule has 2 aromatic carbocycles. The van der Waals surface area contributed by atoms with Crippen LogP contribution in [0.3, 0.4) is 0 Å². The number of imidazole rings is 1. The third-order valence-electron chi connectivity index (χ3n) is 8.72. The molecular weight excluding hydrogens is 549 g/mol. The van der Waals surface area contributed by atoms with E-state index in [1.807, 2.05) is 18.2 Å². The van der Waals surface area contributed by atoms with E-state index in [0.717, 1.165) is 61.4 Å². The number of benzene rings is 2. The molecule has 2 atom stereocenters. The van der Waals surface area contributed by atoms with Gasteiger partial charge in [-0.1, -0.05) is 18.2 Å². The number of carboxylic acids is 1. The van der Waals surface area contributed by atoms with Crippen LogP contribution in [-0.2, 0) is 17.8 Å². The van der Waals surface area contributed by atoms with E-state index in [9.17, 15) is 9.90 Å². The summed E-state index contributed by atoms with van der Waals surface area (Å²) in [6, 6.07) is 16.1. The lowest BCUT2D eigenvalue weighted by molar-refractivity contribution is -0.0592. The highest BCUT2D eigenvalue weighted by Crippen LogP contribution is 2.44. The van der Waals surface area contributed by atoms with Gasteiger partial charge in [0.15, 0.2) is 0 Å². The van der Waals surface area contributed by atoms with Crippen LogP contribution >= 0.6 is 0 Å². The van der Waals surface area contributed by atoms with Crippen molar-refractivity contribution in [2.75, 3.05) is 19.7 Å². The van der Waals surface area contributed by atoms with Crippen LogP contribution in [0.25, 0.3) is 16.9 Å². The molecule has 218 valence electrons. The summed E-state index contributed by atoms with van der Waals surface area (Å²) in [4.78, 5) is 23.0. The van der Waals surface area contributed by atoms with E-state index in [1.54, 1.807) is 42.6 Å². The summed E-state index contributed by atoms with van der Waals surface area (Å²) in [5.41, 5.74) is 4.30. The van der Waals surface area contributed by atoms with Gasteiger partial charge in [0.05, 0.1) is 41.4 Å². The van der Waals surface area contributed by atoms with Crippen molar-refractivity contribution in [2.24, 2.45) is 0 Å². The summed E-state index contributed by atoms with van der Waals surface area (Å²) in [7, 11) is 0. The van der Waals surface area contributed by atoms with Gasteiger partial charge >= 0.3 is 5.97 Å². The second-order valence-corrected chi connectivity index (χ2v) is 11.3. The lowest BCUT2D eigenvalue weighted by Gasteiger charge is -2.34.